The normalized spacial score (nSPS) is 15.0. The van der Waals surface area contributed by atoms with Crippen LogP contribution < -0.4 is 0 Å². The van der Waals surface area contributed by atoms with E-state index in [0.29, 0.717) is 4.90 Å². The maximum Gasteiger partial charge on any atom is 0.179 e. The van der Waals surface area contributed by atoms with Gasteiger partial charge in [0.25, 0.3) is 0 Å². The molecule has 0 radical (unpaired) electrons. The Morgan fingerprint density at radius 1 is 1.18 bits per heavy atom. The molecule has 0 heterocycles. The van der Waals surface area contributed by atoms with Crippen LogP contribution in [0.15, 0.2) is 23.1 Å². The molecule has 17 heavy (non-hydrogen) atoms. The maximum atomic E-state index is 11.9. The Hall–Kier alpha value is -1.34. The molecule has 1 aromatic carbocycles. The highest BCUT2D eigenvalue weighted by atomic mass is 32.2. The van der Waals surface area contributed by atoms with Gasteiger partial charge in [0.2, 0.25) is 0 Å². The lowest BCUT2D eigenvalue weighted by Crippen LogP contribution is -2.09. The summed E-state index contributed by atoms with van der Waals surface area (Å²) in [4.78, 5) is 0.369. The Kier molecular flexibility index (Phi) is 3.49. The van der Waals surface area contributed by atoms with Crippen LogP contribution in [0.2, 0.25) is 0 Å². The van der Waals surface area contributed by atoms with Crippen molar-refractivity contribution in [1.82, 2.24) is 0 Å². The van der Waals surface area contributed by atoms with E-state index < -0.39 is 9.84 Å². The van der Waals surface area contributed by atoms with Gasteiger partial charge in [-0.3, -0.25) is 0 Å². The first-order chi connectivity index (χ1) is 8.13. The lowest BCUT2D eigenvalue weighted by molar-refractivity contribution is 0.595. The second-order valence-corrected chi connectivity index (χ2v) is 6.47. The lowest BCUT2D eigenvalue weighted by Gasteiger charge is -2.16. The Morgan fingerprint density at radius 2 is 1.88 bits per heavy atom. The zero-order valence-corrected chi connectivity index (χ0v) is 10.5. The second kappa shape index (κ2) is 4.89. The van der Waals surface area contributed by atoms with Crippen molar-refractivity contribution in [2.75, 3.05) is 5.75 Å². The molecule has 0 atom stereocenters. The van der Waals surface area contributed by atoms with Crippen LogP contribution in [0.5, 0.6) is 0 Å². The summed E-state index contributed by atoms with van der Waals surface area (Å²) in [5.74, 6) is -0.0811. The van der Waals surface area contributed by atoms with Crippen LogP contribution in [-0.4, -0.2) is 14.2 Å². The highest BCUT2D eigenvalue weighted by Gasteiger charge is 2.17. The van der Waals surface area contributed by atoms with Gasteiger partial charge >= 0.3 is 0 Å². The first-order valence-corrected chi connectivity index (χ1v) is 7.50. The van der Waals surface area contributed by atoms with E-state index in [1.165, 1.54) is 12.0 Å². The molecular weight excluding hydrogens is 234 g/mol. The molecule has 0 fully saturated rings. The fraction of sp³-hybridized carbons (Fsp3) is 0.462. The van der Waals surface area contributed by atoms with Gasteiger partial charge in [0.05, 0.1) is 16.7 Å². The van der Waals surface area contributed by atoms with E-state index in [4.69, 9.17) is 5.26 Å². The topological polar surface area (TPSA) is 57.9 Å². The molecule has 4 heteroatoms. The van der Waals surface area contributed by atoms with Crippen LogP contribution in [0.25, 0.3) is 0 Å². The Balaban J connectivity index is 2.31. The summed E-state index contributed by atoms with van der Waals surface area (Å²) in [6.07, 6.45) is 4.40. The van der Waals surface area contributed by atoms with Crippen molar-refractivity contribution < 1.29 is 8.42 Å². The molecule has 0 saturated heterocycles. The van der Waals surface area contributed by atoms with E-state index in [0.717, 1.165) is 24.8 Å². The molecule has 0 bridgehead atoms. The van der Waals surface area contributed by atoms with Crippen molar-refractivity contribution in [3.05, 3.63) is 29.3 Å². The SMILES string of the molecule is N#CCCS(=O)(=O)c1ccc2c(c1)CCCC2. The number of fused-ring (bicyclic) bond motifs is 1. The molecule has 0 amide bonds. The smallest absolute Gasteiger partial charge is 0.179 e. The van der Waals surface area contributed by atoms with Crippen molar-refractivity contribution in [2.24, 2.45) is 0 Å². The van der Waals surface area contributed by atoms with Crippen LogP contribution >= 0.6 is 0 Å². The largest absolute Gasteiger partial charge is 0.224 e. The summed E-state index contributed by atoms with van der Waals surface area (Å²) in [5.41, 5.74) is 2.43. The molecule has 1 aromatic rings. The zero-order chi connectivity index (χ0) is 12.3. The van der Waals surface area contributed by atoms with Crippen LogP contribution in [0, 0.1) is 11.3 Å². The minimum absolute atomic E-state index is 0.0550. The predicted octanol–water partition coefficient (Wildman–Crippen LogP) is 2.25. The Morgan fingerprint density at radius 3 is 2.59 bits per heavy atom. The summed E-state index contributed by atoms with van der Waals surface area (Å²) in [5, 5.41) is 8.45. The number of nitriles is 1. The van der Waals surface area contributed by atoms with Crippen LogP contribution in [0.4, 0.5) is 0 Å². The first-order valence-electron chi connectivity index (χ1n) is 5.85. The molecule has 0 saturated carbocycles. The van der Waals surface area contributed by atoms with Crippen LogP contribution in [0.1, 0.15) is 30.4 Å². The van der Waals surface area contributed by atoms with Gasteiger partial charge in [0.15, 0.2) is 9.84 Å². The number of hydrogen-bond donors (Lipinski definition) is 0. The van der Waals surface area contributed by atoms with Gasteiger partial charge in [-0.15, -0.1) is 0 Å². The third kappa shape index (κ3) is 2.67. The first kappa shape index (κ1) is 12.1. The number of sulfone groups is 1. The maximum absolute atomic E-state index is 11.9. The summed E-state index contributed by atoms with van der Waals surface area (Å²) >= 11 is 0. The average Bonchev–Trinajstić information content (AvgIpc) is 2.36. The number of hydrogen-bond acceptors (Lipinski definition) is 3. The van der Waals surface area contributed by atoms with E-state index in [1.54, 1.807) is 12.1 Å². The summed E-state index contributed by atoms with van der Waals surface area (Å²) in [6.45, 7) is 0. The van der Waals surface area contributed by atoms with Gasteiger partial charge in [-0.25, -0.2) is 8.42 Å². The van der Waals surface area contributed by atoms with Crippen molar-refractivity contribution in [3.63, 3.8) is 0 Å². The molecule has 0 N–H and O–H groups in total. The van der Waals surface area contributed by atoms with Crippen molar-refractivity contribution in [1.29, 1.82) is 5.26 Å². The van der Waals surface area contributed by atoms with Gasteiger partial charge < -0.3 is 0 Å². The van der Waals surface area contributed by atoms with Crippen molar-refractivity contribution >= 4 is 9.84 Å². The van der Waals surface area contributed by atoms with Gasteiger partial charge in [-0.1, -0.05) is 6.07 Å². The fourth-order valence-electron chi connectivity index (χ4n) is 2.20. The molecule has 1 aliphatic carbocycles. The second-order valence-electron chi connectivity index (χ2n) is 4.36. The average molecular weight is 249 g/mol. The van der Waals surface area contributed by atoms with Crippen LogP contribution in [-0.2, 0) is 22.7 Å². The van der Waals surface area contributed by atoms with Crippen molar-refractivity contribution in [2.45, 2.75) is 37.0 Å². The van der Waals surface area contributed by atoms with E-state index in [9.17, 15) is 8.42 Å². The Bertz CT molecular complexity index is 555. The monoisotopic (exact) mass is 249 g/mol. The predicted molar refractivity (Wildman–Crippen MR) is 65.4 cm³/mol. The summed E-state index contributed by atoms with van der Waals surface area (Å²) < 4.78 is 23.9. The van der Waals surface area contributed by atoms with E-state index in [2.05, 4.69) is 0 Å². The number of benzene rings is 1. The van der Waals surface area contributed by atoms with Crippen LogP contribution in [0.3, 0.4) is 0 Å². The molecule has 0 aromatic heterocycles. The van der Waals surface area contributed by atoms with Crippen molar-refractivity contribution in [3.8, 4) is 6.07 Å². The van der Waals surface area contributed by atoms with E-state index in [-0.39, 0.29) is 12.2 Å². The molecule has 0 spiro atoms. The fourth-order valence-corrected chi connectivity index (χ4v) is 3.39. The number of rotatable bonds is 3. The summed E-state index contributed by atoms with van der Waals surface area (Å²) in [7, 11) is -3.28. The van der Waals surface area contributed by atoms with Gasteiger partial charge in [0, 0.05) is 6.42 Å². The van der Waals surface area contributed by atoms with E-state index in [1.807, 2.05) is 12.1 Å². The summed E-state index contributed by atoms with van der Waals surface area (Å²) in [6, 6.07) is 7.27. The highest BCUT2D eigenvalue weighted by Crippen LogP contribution is 2.24. The molecule has 0 unspecified atom stereocenters. The third-order valence-corrected chi connectivity index (χ3v) is 4.88. The molecule has 0 aliphatic heterocycles. The number of nitrogens with zero attached hydrogens (tertiary/aromatic N) is 1. The zero-order valence-electron chi connectivity index (χ0n) is 9.65. The molecule has 3 nitrogen and oxygen atoms in total. The third-order valence-electron chi connectivity index (χ3n) is 3.16. The van der Waals surface area contributed by atoms with Gasteiger partial charge in [-0.2, -0.15) is 5.26 Å². The molecule has 2 rings (SSSR count). The molecule has 1 aliphatic rings. The molecular formula is C13H15NO2S. The minimum atomic E-state index is -3.28. The Labute approximate surface area is 102 Å². The lowest BCUT2D eigenvalue weighted by atomic mass is 9.92. The number of aryl methyl sites for hydroxylation is 2. The van der Waals surface area contributed by atoms with Gasteiger partial charge in [-0.05, 0) is 48.9 Å². The highest BCUT2D eigenvalue weighted by molar-refractivity contribution is 7.91. The molecule has 90 valence electrons. The van der Waals surface area contributed by atoms with E-state index >= 15 is 0 Å². The van der Waals surface area contributed by atoms with Gasteiger partial charge in [0.1, 0.15) is 0 Å². The minimum Gasteiger partial charge on any atom is -0.224 e. The quantitative estimate of drug-likeness (QED) is 0.825. The standard InChI is InChI=1S/C13H15NO2S/c14-8-3-9-17(15,16)13-7-6-11-4-1-2-5-12(11)10-13/h6-7,10H,1-5,9H2.